The third-order valence-corrected chi connectivity index (χ3v) is 3.97. The minimum atomic E-state index is -0.525. The number of nitrogens with zero attached hydrogens (tertiary/aromatic N) is 1. The molecule has 0 bridgehead atoms. The van der Waals surface area contributed by atoms with Crippen LogP contribution in [-0.4, -0.2) is 29.8 Å². The van der Waals surface area contributed by atoms with Crippen molar-refractivity contribution in [3.8, 4) is 0 Å². The highest BCUT2D eigenvalue weighted by molar-refractivity contribution is 5.83. The summed E-state index contributed by atoms with van der Waals surface area (Å²) in [7, 11) is 0. The Morgan fingerprint density at radius 2 is 1.92 bits per heavy atom. The van der Waals surface area contributed by atoms with E-state index >= 15 is 0 Å². The fourth-order valence-electron chi connectivity index (χ4n) is 2.67. The maximum absolute atomic E-state index is 12.0. The van der Waals surface area contributed by atoms with Gasteiger partial charge in [0.25, 0.3) is 0 Å². The van der Waals surface area contributed by atoms with E-state index in [0.717, 1.165) is 22.2 Å². The molecule has 0 saturated heterocycles. The quantitative estimate of drug-likeness (QED) is 0.902. The molecule has 5 heteroatoms. The number of rotatable bonds is 4. The molecule has 3 N–H and O–H groups in total. The molecule has 1 aromatic heterocycles. The van der Waals surface area contributed by atoms with Gasteiger partial charge in [-0.2, -0.15) is 0 Å². The summed E-state index contributed by atoms with van der Waals surface area (Å²) in [4.78, 5) is 16.6. The van der Waals surface area contributed by atoms with Crippen LogP contribution >= 0.6 is 0 Å². The summed E-state index contributed by atoms with van der Waals surface area (Å²) in [6, 6.07) is 10.0. The summed E-state index contributed by atoms with van der Waals surface area (Å²) < 4.78 is 5.32. The highest BCUT2D eigenvalue weighted by atomic mass is 16.6. The zero-order chi connectivity index (χ0) is 18.0. The van der Waals surface area contributed by atoms with E-state index in [0.29, 0.717) is 13.1 Å². The number of nitrogens with two attached hydrogens (primary N) is 1. The van der Waals surface area contributed by atoms with Crippen molar-refractivity contribution >= 4 is 17.0 Å². The molecule has 0 saturated carbocycles. The minimum absolute atomic E-state index is 0.395. The van der Waals surface area contributed by atoms with Crippen LogP contribution in [0.15, 0.2) is 30.3 Å². The fraction of sp³-hybridized carbons (Fsp3) is 0.474. The molecule has 0 aliphatic carbocycles. The molecule has 2 rings (SSSR count). The SMILES string of the molecule is Cc1cc(C(C)(CN)CNC(=O)OC(C)(C)C)c2ccccc2n1. The zero-order valence-electron chi connectivity index (χ0n) is 15.1. The summed E-state index contributed by atoms with van der Waals surface area (Å²) in [5.74, 6) is 0. The van der Waals surface area contributed by atoms with Crippen LogP contribution in [0.2, 0.25) is 0 Å². The second kappa shape index (κ2) is 6.77. The second-order valence-corrected chi connectivity index (χ2v) is 7.45. The topological polar surface area (TPSA) is 77.2 Å². The van der Waals surface area contributed by atoms with Crippen molar-refractivity contribution in [2.75, 3.05) is 13.1 Å². The second-order valence-electron chi connectivity index (χ2n) is 7.45. The molecule has 0 radical (unpaired) electrons. The van der Waals surface area contributed by atoms with Gasteiger partial charge in [0.15, 0.2) is 0 Å². The maximum atomic E-state index is 12.0. The van der Waals surface area contributed by atoms with E-state index in [1.165, 1.54) is 0 Å². The lowest BCUT2D eigenvalue weighted by atomic mass is 9.80. The summed E-state index contributed by atoms with van der Waals surface area (Å²) in [5, 5.41) is 3.91. The smallest absolute Gasteiger partial charge is 0.407 e. The van der Waals surface area contributed by atoms with E-state index in [-0.39, 0.29) is 0 Å². The third-order valence-electron chi connectivity index (χ3n) is 3.97. The van der Waals surface area contributed by atoms with E-state index in [1.54, 1.807) is 0 Å². The molecule has 1 unspecified atom stereocenters. The van der Waals surface area contributed by atoms with E-state index in [9.17, 15) is 4.79 Å². The molecule has 1 atom stereocenters. The molecule has 0 fully saturated rings. The number of carbonyl (C=O) groups excluding carboxylic acids is 1. The summed E-state index contributed by atoms with van der Waals surface area (Å²) in [6.45, 7) is 10.3. The number of pyridine rings is 1. The fourth-order valence-corrected chi connectivity index (χ4v) is 2.67. The van der Waals surface area contributed by atoms with Crippen LogP contribution < -0.4 is 11.1 Å². The number of aryl methyl sites for hydroxylation is 1. The number of aromatic nitrogens is 1. The highest BCUT2D eigenvalue weighted by Gasteiger charge is 2.29. The average molecular weight is 329 g/mol. The first-order valence-corrected chi connectivity index (χ1v) is 8.18. The van der Waals surface area contributed by atoms with Crippen molar-refractivity contribution in [2.24, 2.45) is 5.73 Å². The van der Waals surface area contributed by atoms with Gasteiger partial charge < -0.3 is 15.8 Å². The van der Waals surface area contributed by atoms with Crippen LogP contribution in [0.5, 0.6) is 0 Å². The molecule has 2 aromatic rings. The third kappa shape index (κ3) is 4.23. The van der Waals surface area contributed by atoms with Gasteiger partial charge in [0.1, 0.15) is 5.60 Å². The highest BCUT2D eigenvalue weighted by Crippen LogP contribution is 2.29. The van der Waals surface area contributed by atoms with Gasteiger partial charge in [0, 0.05) is 29.6 Å². The van der Waals surface area contributed by atoms with Gasteiger partial charge in [-0.25, -0.2) is 4.79 Å². The van der Waals surface area contributed by atoms with Crippen LogP contribution in [-0.2, 0) is 10.2 Å². The molecule has 130 valence electrons. The van der Waals surface area contributed by atoms with Gasteiger partial charge >= 0.3 is 6.09 Å². The predicted octanol–water partition coefficient (Wildman–Crippen LogP) is 3.28. The Kier molecular flexibility index (Phi) is 5.13. The number of alkyl carbamates (subject to hydrolysis) is 1. The Morgan fingerprint density at radius 3 is 2.54 bits per heavy atom. The number of ether oxygens (including phenoxy) is 1. The number of fused-ring (bicyclic) bond motifs is 1. The van der Waals surface area contributed by atoms with Crippen molar-refractivity contribution in [1.29, 1.82) is 0 Å². The van der Waals surface area contributed by atoms with Crippen molar-refractivity contribution in [3.63, 3.8) is 0 Å². The molecule has 5 nitrogen and oxygen atoms in total. The minimum Gasteiger partial charge on any atom is -0.444 e. The van der Waals surface area contributed by atoms with Gasteiger partial charge in [0.05, 0.1) is 5.52 Å². The lowest BCUT2D eigenvalue weighted by molar-refractivity contribution is 0.0516. The van der Waals surface area contributed by atoms with Crippen molar-refractivity contribution < 1.29 is 9.53 Å². The Labute approximate surface area is 143 Å². The molecule has 0 spiro atoms. The number of hydrogen-bond acceptors (Lipinski definition) is 4. The van der Waals surface area contributed by atoms with Crippen LogP contribution in [0.4, 0.5) is 4.79 Å². The Balaban J connectivity index is 2.31. The van der Waals surface area contributed by atoms with E-state index in [2.05, 4.69) is 10.3 Å². The molecule has 24 heavy (non-hydrogen) atoms. The van der Waals surface area contributed by atoms with Crippen LogP contribution in [0.1, 0.15) is 39.0 Å². The largest absolute Gasteiger partial charge is 0.444 e. The van der Waals surface area contributed by atoms with E-state index in [4.69, 9.17) is 10.5 Å². The Morgan fingerprint density at radius 1 is 1.25 bits per heavy atom. The summed E-state index contributed by atoms with van der Waals surface area (Å²) >= 11 is 0. The first-order chi connectivity index (χ1) is 11.1. The lowest BCUT2D eigenvalue weighted by Gasteiger charge is -2.31. The Bertz CT molecular complexity index is 737. The first-order valence-electron chi connectivity index (χ1n) is 8.18. The average Bonchev–Trinajstić information content (AvgIpc) is 2.50. The molecule has 1 amide bonds. The van der Waals surface area contributed by atoms with E-state index in [1.807, 2.05) is 65.0 Å². The van der Waals surface area contributed by atoms with Crippen molar-refractivity contribution in [3.05, 3.63) is 41.6 Å². The van der Waals surface area contributed by atoms with Gasteiger partial charge in [0.2, 0.25) is 0 Å². The lowest BCUT2D eigenvalue weighted by Crippen LogP contribution is -2.45. The van der Waals surface area contributed by atoms with Crippen LogP contribution in [0.3, 0.4) is 0 Å². The molecular formula is C19H27N3O2. The molecule has 0 aliphatic rings. The van der Waals surface area contributed by atoms with Gasteiger partial charge in [-0.15, -0.1) is 0 Å². The normalized spacial score (nSPS) is 14.2. The standard InChI is InChI=1S/C19H27N3O2/c1-13-10-15(14-8-6-7-9-16(14)22-13)19(5,11-20)12-21-17(23)24-18(2,3)4/h6-10H,11-12,20H2,1-5H3,(H,21,23). The van der Waals surface area contributed by atoms with Crippen molar-refractivity contribution in [2.45, 2.75) is 45.6 Å². The van der Waals surface area contributed by atoms with Crippen molar-refractivity contribution in [1.82, 2.24) is 10.3 Å². The molecule has 1 aromatic carbocycles. The Hall–Kier alpha value is -2.14. The summed E-state index contributed by atoms with van der Waals surface area (Å²) in [6.07, 6.45) is -0.433. The molecule has 0 aliphatic heterocycles. The number of nitrogens with one attached hydrogen (secondary N) is 1. The first kappa shape index (κ1) is 18.2. The van der Waals surface area contributed by atoms with Crippen LogP contribution in [0.25, 0.3) is 10.9 Å². The van der Waals surface area contributed by atoms with Crippen LogP contribution in [0, 0.1) is 6.92 Å². The number of carbonyl (C=O) groups is 1. The molecule has 1 heterocycles. The van der Waals surface area contributed by atoms with E-state index < -0.39 is 17.1 Å². The molecular weight excluding hydrogens is 302 g/mol. The van der Waals surface area contributed by atoms with Gasteiger partial charge in [-0.1, -0.05) is 25.1 Å². The predicted molar refractivity (Wildman–Crippen MR) is 97.1 cm³/mol. The number of benzene rings is 1. The summed E-state index contributed by atoms with van der Waals surface area (Å²) in [5.41, 5.74) is 8.10. The number of hydrogen-bond donors (Lipinski definition) is 2. The maximum Gasteiger partial charge on any atom is 0.407 e. The van der Waals surface area contributed by atoms with Gasteiger partial charge in [-0.3, -0.25) is 4.98 Å². The monoisotopic (exact) mass is 329 g/mol. The number of amides is 1. The zero-order valence-corrected chi connectivity index (χ0v) is 15.1. The number of para-hydroxylation sites is 1. The van der Waals surface area contributed by atoms with Gasteiger partial charge in [-0.05, 0) is 45.4 Å².